The molecule has 0 aliphatic heterocycles. The van der Waals surface area contributed by atoms with Crippen LogP contribution in [-0.2, 0) is 0 Å². The molecule has 0 bridgehead atoms. The number of hydrogen-bond acceptors (Lipinski definition) is 1. The van der Waals surface area contributed by atoms with Crippen molar-refractivity contribution < 1.29 is 5.11 Å². The van der Waals surface area contributed by atoms with Gasteiger partial charge >= 0.3 is 37.7 Å². The SMILES string of the molecule is Oc1c(Cl)c(Cl)c(Cl)c(Cl)c1Cl.[CaH2]. The summed E-state index contributed by atoms with van der Waals surface area (Å²) in [6, 6.07) is 0. The third kappa shape index (κ3) is 2.85. The fraction of sp³-hybridized carbons (Fsp3) is 0. The van der Waals surface area contributed by atoms with Gasteiger partial charge in [0.2, 0.25) is 0 Å². The second kappa shape index (κ2) is 5.72. The number of benzene rings is 1. The number of rotatable bonds is 0. The van der Waals surface area contributed by atoms with Crippen LogP contribution in [0.3, 0.4) is 0 Å². The Morgan fingerprint density at radius 2 is 0.846 bits per heavy atom. The van der Waals surface area contributed by atoms with Crippen molar-refractivity contribution in [1.82, 2.24) is 0 Å². The summed E-state index contributed by atoms with van der Waals surface area (Å²) in [7, 11) is 0. The van der Waals surface area contributed by atoms with Crippen molar-refractivity contribution in [2.45, 2.75) is 0 Å². The van der Waals surface area contributed by atoms with Gasteiger partial charge in [0, 0.05) is 0 Å². The summed E-state index contributed by atoms with van der Waals surface area (Å²) in [5, 5.41) is 9.01. The molecular weight excluding hydrogens is 305 g/mol. The Morgan fingerprint density at radius 1 is 0.615 bits per heavy atom. The van der Waals surface area contributed by atoms with E-state index in [-0.39, 0.29) is 68.6 Å². The summed E-state index contributed by atoms with van der Waals surface area (Å²) < 4.78 is 0. The minimum absolute atomic E-state index is 0. The van der Waals surface area contributed by atoms with E-state index in [9.17, 15) is 5.11 Å². The van der Waals surface area contributed by atoms with Crippen LogP contribution in [0.4, 0.5) is 0 Å². The molecule has 1 nitrogen and oxygen atoms in total. The third-order valence-corrected chi connectivity index (χ3v) is 3.44. The van der Waals surface area contributed by atoms with Crippen molar-refractivity contribution in [3.8, 4) is 5.75 Å². The maximum atomic E-state index is 9.20. The van der Waals surface area contributed by atoms with Crippen LogP contribution in [0.2, 0.25) is 25.1 Å². The van der Waals surface area contributed by atoms with Crippen molar-refractivity contribution in [1.29, 1.82) is 0 Å². The fourth-order valence-electron chi connectivity index (χ4n) is 0.593. The summed E-state index contributed by atoms with van der Waals surface area (Å²) in [6.07, 6.45) is 0. The van der Waals surface area contributed by atoms with Crippen LogP contribution in [0.15, 0.2) is 0 Å². The zero-order valence-electron chi connectivity index (χ0n) is 5.34. The molecule has 1 N–H and O–H groups in total. The molecule has 13 heavy (non-hydrogen) atoms. The molecule has 0 aromatic heterocycles. The number of phenolic OH excluding ortho intramolecular Hbond substituents is 1. The van der Waals surface area contributed by atoms with Crippen LogP contribution in [-0.4, -0.2) is 42.8 Å². The second-order valence-electron chi connectivity index (χ2n) is 1.92. The molecule has 1 aromatic rings. The maximum absolute atomic E-state index is 9.20. The Kier molecular flexibility index (Phi) is 6.48. The minimum atomic E-state index is -0.363. The molecule has 7 heteroatoms. The molecule has 0 radical (unpaired) electrons. The molecule has 0 fully saturated rings. The first-order chi connectivity index (χ1) is 5.46. The molecule has 0 unspecified atom stereocenters. The van der Waals surface area contributed by atoms with E-state index >= 15 is 0 Å². The Balaban J connectivity index is 0.00000144. The quantitative estimate of drug-likeness (QED) is 0.440. The summed E-state index contributed by atoms with van der Waals surface area (Å²) in [6.45, 7) is 0. The summed E-state index contributed by atoms with van der Waals surface area (Å²) in [5.41, 5.74) is 0. The van der Waals surface area contributed by atoms with Gasteiger partial charge in [0.05, 0.1) is 15.1 Å². The van der Waals surface area contributed by atoms with E-state index in [2.05, 4.69) is 0 Å². The molecule has 0 saturated carbocycles. The topological polar surface area (TPSA) is 20.2 Å². The average Bonchev–Trinajstić information content (AvgIpc) is 2.08. The van der Waals surface area contributed by atoms with Gasteiger partial charge in [0.25, 0.3) is 0 Å². The van der Waals surface area contributed by atoms with E-state index in [1.165, 1.54) is 0 Å². The van der Waals surface area contributed by atoms with Crippen LogP contribution in [0.5, 0.6) is 5.75 Å². The zero-order chi connectivity index (χ0) is 9.46. The molecule has 1 aromatic carbocycles. The van der Waals surface area contributed by atoms with E-state index in [0.717, 1.165) is 0 Å². The van der Waals surface area contributed by atoms with E-state index in [1.54, 1.807) is 0 Å². The number of phenols is 1. The first kappa shape index (κ1) is 14.7. The first-order valence-electron chi connectivity index (χ1n) is 2.67. The molecule has 0 spiro atoms. The van der Waals surface area contributed by atoms with Crippen LogP contribution in [0.25, 0.3) is 0 Å². The average molecular weight is 308 g/mol. The predicted molar refractivity (Wildman–Crippen MR) is 61.7 cm³/mol. The Labute approximate surface area is 130 Å². The van der Waals surface area contributed by atoms with Gasteiger partial charge in [-0.1, -0.05) is 58.0 Å². The van der Waals surface area contributed by atoms with Gasteiger partial charge in [-0.2, -0.15) is 0 Å². The van der Waals surface area contributed by atoms with Gasteiger partial charge in [0.15, 0.2) is 5.75 Å². The fourth-order valence-corrected chi connectivity index (χ4v) is 1.72. The summed E-state index contributed by atoms with van der Waals surface area (Å²) >= 11 is 27.9. The molecule has 0 atom stereocenters. The monoisotopic (exact) mass is 306 g/mol. The second-order valence-corrected chi connectivity index (χ2v) is 3.81. The molecule has 70 valence electrons. The Hall–Kier alpha value is 1.73. The summed E-state index contributed by atoms with van der Waals surface area (Å²) in [4.78, 5) is 0. The van der Waals surface area contributed by atoms with Crippen molar-refractivity contribution in [2.24, 2.45) is 0 Å². The Morgan fingerprint density at radius 3 is 1.15 bits per heavy atom. The standard InChI is InChI=1S/C6HCl5O.Ca.2H/c7-1-2(8)4(10)6(12)5(11)3(1)9;;;/h12H;;;. The van der Waals surface area contributed by atoms with Gasteiger partial charge in [-0.3, -0.25) is 0 Å². The van der Waals surface area contributed by atoms with Gasteiger partial charge in [-0.05, 0) is 0 Å². The number of hydrogen-bond donors (Lipinski definition) is 1. The van der Waals surface area contributed by atoms with Gasteiger partial charge < -0.3 is 5.11 Å². The van der Waals surface area contributed by atoms with Crippen LogP contribution in [0.1, 0.15) is 0 Å². The molecular formula is C6H3CaCl5O. The third-order valence-electron chi connectivity index (χ3n) is 1.19. The van der Waals surface area contributed by atoms with Crippen LogP contribution in [0, 0.1) is 0 Å². The molecule has 1 rings (SSSR count). The normalized spacial score (nSPS) is 9.62. The van der Waals surface area contributed by atoms with E-state index in [1.807, 2.05) is 0 Å². The van der Waals surface area contributed by atoms with Gasteiger partial charge in [-0.15, -0.1) is 0 Å². The van der Waals surface area contributed by atoms with Crippen molar-refractivity contribution >= 4 is 95.7 Å². The van der Waals surface area contributed by atoms with E-state index < -0.39 is 0 Å². The van der Waals surface area contributed by atoms with Gasteiger partial charge in [0.1, 0.15) is 10.0 Å². The molecule has 0 aliphatic rings. The van der Waals surface area contributed by atoms with Crippen LogP contribution < -0.4 is 0 Å². The first-order valence-corrected chi connectivity index (χ1v) is 4.56. The van der Waals surface area contributed by atoms with E-state index in [0.29, 0.717) is 0 Å². The predicted octanol–water partition coefficient (Wildman–Crippen LogP) is 3.74. The molecule has 0 aliphatic carbocycles. The van der Waals surface area contributed by atoms with Gasteiger partial charge in [-0.25, -0.2) is 0 Å². The summed E-state index contributed by atoms with van der Waals surface area (Å²) in [5.74, 6) is -0.363. The van der Waals surface area contributed by atoms with Crippen LogP contribution >= 0.6 is 58.0 Å². The van der Waals surface area contributed by atoms with E-state index in [4.69, 9.17) is 58.0 Å². The van der Waals surface area contributed by atoms with Crippen molar-refractivity contribution in [2.75, 3.05) is 0 Å². The molecule has 0 amide bonds. The Bertz CT molecular complexity index is 235. The van der Waals surface area contributed by atoms with Crippen molar-refractivity contribution in [3.05, 3.63) is 25.1 Å². The molecule has 0 saturated heterocycles. The number of halogens is 5. The number of aromatic hydroxyl groups is 1. The molecule has 0 heterocycles. The van der Waals surface area contributed by atoms with Crippen molar-refractivity contribution in [3.63, 3.8) is 0 Å². The zero-order valence-corrected chi connectivity index (χ0v) is 9.12.